The van der Waals surface area contributed by atoms with E-state index in [0.29, 0.717) is 10.7 Å². The average Bonchev–Trinajstić information content (AvgIpc) is 2.99. The minimum atomic E-state index is -1.35. The molecule has 3 rings (SSSR count). The van der Waals surface area contributed by atoms with Gasteiger partial charge in [0.15, 0.2) is 5.13 Å². The number of nitrogens with zero attached hydrogens (tertiary/aromatic N) is 2. The molecular weight excluding hydrogens is 359 g/mol. The lowest BCUT2D eigenvalue weighted by Crippen LogP contribution is -2.42. The van der Waals surface area contributed by atoms with Crippen molar-refractivity contribution < 1.29 is 18.8 Å². The smallest absolute Gasteiger partial charge is 0.319 e. The number of halogens is 1. The van der Waals surface area contributed by atoms with Gasteiger partial charge >= 0.3 is 6.03 Å². The number of anilines is 1. The van der Waals surface area contributed by atoms with E-state index in [1.54, 1.807) is 0 Å². The van der Waals surface area contributed by atoms with E-state index in [9.17, 15) is 18.8 Å². The molecule has 1 fully saturated rings. The van der Waals surface area contributed by atoms with Crippen molar-refractivity contribution in [2.75, 3.05) is 11.9 Å². The number of aryl methyl sites for hydroxylation is 2. The zero-order valence-electron chi connectivity index (χ0n) is 14.4. The number of hydrogen-bond acceptors (Lipinski definition) is 5. The molecule has 136 valence electrons. The number of aromatic nitrogens is 1. The Balaban J connectivity index is 1.74. The molecule has 0 aliphatic carbocycles. The summed E-state index contributed by atoms with van der Waals surface area (Å²) in [5.41, 5.74) is -0.102. The first-order chi connectivity index (χ1) is 12.2. The van der Waals surface area contributed by atoms with Crippen molar-refractivity contribution in [3.05, 3.63) is 46.2 Å². The Hall–Kier alpha value is -2.81. The average molecular weight is 376 g/mol. The Morgan fingerprint density at radius 1 is 1.31 bits per heavy atom. The monoisotopic (exact) mass is 376 g/mol. The Kier molecular flexibility index (Phi) is 4.49. The summed E-state index contributed by atoms with van der Waals surface area (Å²) in [4.78, 5) is 43.1. The molecule has 0 bridgehead atoms. The van der Waals surface area contributed by atoms with Crippen molar-refractivity contribution in [1.82, 2.24) is 15.2 Å². The van der Waals surface area contributed by atoms with Crippen molar-refractivity contribution >= 4 is 34.3 Å². The van der Waals surface area contributed by atoms with E-state index in [2.05, 4.69) is 15.6 Å². The lowest BCUT2D eigenvalue weighted by Gasteiger charge is -2.22. The highest BCUT2D eigenvalue weighted by atomic mass is 32.1. The number of thiazole rings is 1. The molecule has 1 saturated heterocycles. The second-order valence-electron chi connectivity index (χ2n) is 6.16. The molecule has 0 spiro atoms. The molecule has 7 nitrogen and oxygen atoms in total. The number of carbonyl (C=O) groups excluding carboxylic acids is 3. The summed E-state index contributed by atoms with van der Waals surface area (Å²) in [6, 6.07) is 4.60. The van der Waals surface area contributed by atoms with Gasteiger partial charge in [-0.25, -0.2) is 14.2 Å². The van der Waals surface area contributed by atoms with Crippen molar-refractivity contribution in [1.29, 1.82) is 0 Å². The predicted octanol–water partition coefficient (Wildman–Crippen LogP) is 2.30. The van der Waals surface area contributed by atoms with E-state index in [4.69, 9.17) is 0 Å². The Morgan fingerprint density at radius 2 is 1.96 bits per heavy atom. The van der Waals surface area contributed by atoms with E-state index >= 15 is 0 Å². The zero-order valence-corrected chi connectivity index (χ0v) is 15.2. The third-order valence-electron chi connectivity index (χ3n) is 4.27. The maximum atomic E-state index is 13.1. The van der Waals surface area contributed by atoms with Crippen LogP contribution in [-0.4, -0.2) is 34.3 Å². The Morgan fingerprint density at radius 3 is 2.54 bits per heavy atom. The van der Waals surface area contributed by atoms with Crippen LogP contribution in [0.4, 0.5) is 14.3 Å². The van der Waals surface area contributed by atoms with E-state index in [0.717, 1.165) is 15.5 Å². The summed E-state index contributed by atoms with van der Waals surface area (Å²) in [5, 5.41) is 5.58. The summed E-state index contributed by atoms with van der Waals surface area (Å²) < 4.78 is 13.1. The molecule has 26 heavy (non-hydrogen) atoms. The molecular formula is C17H17FN4O3S. The number of hydrogen-bond donors (Lipinski definition) is 2. The molecule has 2 heterocycles. The van der Waals surface area contributed by atoms with Gasteiger partial charge in [0.2, 0.25) is 5.91 Å². The summed E-state index contributed by atoms with van der Waals surface area (Å²) in [7, 11) is 0. The Bertz CT molecular complexity index is 876. The topological polar surface area (TPSA) is 91.4 Å². The van der Waals surface area contributed by atoms with Gasteiger partial charge in [0.05, 0.1) is 5.69 Å². The molecule has 2 aromatic rings. The van der Waals surface area contributed by atoms with Crippen molar-refractivity contribution in [3.63, 3.8) is 0 Å². The van der Waals surface area contributed by atoms with Crippen LogP contribution in [0.3, 0.4) is 0 Å². The van der Waals surface area contributed by atoms with Crippen LogP contribution in [0.15, 0.2) is 24.3 Å². The first-order valence-electron chi connectivity index (χ1n) is 7.85. The number of urea groups is 1. The highest BCUT2D eigenvalue weighted by Gasteiger charge is 2.49. The molecule has 1 aromatic carbocycles. The lowest BCUT2D eigenvalue weighted by atomic mass is 9.92. The minimum Gasteiger partial charge on any atom is -0.319 e. The minimum absolute atomic E-state index is 0.415. The van der Waals surface area contributed by atoms with Crippen LogP contribution in [0, 0.1) is 19.7 Å². The molecule has 1 unspecified atom stereocenters. The third-order valence-corrected chi connectivity index (χ3v) is 5.26. The molecule has 1 aliphatic rings. The van der Waals surface area contributed by atoms with Gasteiger partial charge in [-0.2, -0.15) is 0 Å². The largest absolute Gasteiger partial charge is 0.325 e. The van der Waals surface area contributed by atoms with Crippen LogP contribution >= 0.6 is 11.3 Å². The van der Waals surface area contributed by atoms with E-state index in [1.165, 1.54) is 42.5 Å². The van der Waals surface area contributed by atoms with Crippen molar-refractivity contribution in [2.24, 2.45) is 0 Å². The van der Waals surface area contributed by atoms with Crippen LogP contribution in [0.5, 0.6) is 0 Å². The van der Waals surface area contributed by atoms with Gasteiger partial charge in [-0.1, -0.05) is 12.1 Å². The van der Waals surface area contributed by atoms with Crippen LogP contribution in [0.1, 0.15) is 23.1 Å². The number of nitrogens with one attached hydrogen (secondary N) is 2. The van der Waals surface area contributed by atoms with E-state index in [-0.39, 0.29) is 0 Å². The quantitative estimate of drug-likeness (QED) is 0.801. The summed E-state index contributed by atoms with van der Waals surface area (Å²) in [5.74, 6) is -1.54. The Labute approximate surface area is 153 Å². The maximum absolute atomic E-state index is 13.1. The van der Waals surface area contributed by atoms with E-state index in [1.807, 2.05) is 13.8 Å². The van der Waals surface area contributed by atoms with Gasteiger partial charge in [-0.3, -0.25) is 14.5 Å². The SMILES string of the molecule is Cc1nc(NC(=O)CN2C(=O)NC(C)(c3ccc(F)cc3)C2=O)sc1C. The fraction of sp³-hybridized carbons (Fsp3) is 0.294. The summed E-state index contributed by atoms with van der Waals surface area (Å²) in [6.45, 7) is 4.80. The van der Waals surface area contributed by atoms with Gasteiger partial charge in [-0.05, 0) is 38.5 Å². The number of rotatable bonds is 4. The van der Waals surface area contributed by atoms with Gasteiger partial charge in [0.25, 0.3) is 5.91 Å². The second-order valence-corrected chi connectivity index (χ2v) is 7.37. The zero-order chi connectivity index (χ0) is 19.1. The molecule has 2 N–H and O–H groups in total. The van der Waals surface area contributed by atoms with Gasteiger partial charge in [-0.15, -0.1) is 11.3 Å². The van der Waals surface area contributed by atoms with Crippen LogP contribution in [0.25, 0.3) is 0 Å². The summed E-state index contributed by atoms with van der Waals surface area (Å²) in [6.07, 6.45) is 0. The second kappa shape index (κ2) is 6.49. The number of amides is 4. The molecule has 1 aliphatic heterocycles. The first kappa shape index (κ1) is 18.0. The molecule has 0 saturated carbocycles. The van der Waals surface area contributed by atoms with Crippen LogP contribution in [0.2, 0.25) is 0 Å². The molecule has 0 radical (unpaired) electrons. The maximum Gasteiger partial charge on any atom is 0.325 e. The van der Waals surface area contributed by atoms with Crippen LogP contribution < -0.4 is 10.6 Å². The molecule has 1 aromatic heterocycles. The molecule has 4 amide bonds. The van der Waals surface area contributed by atoms with E-state index < -0.39 is 35.7 Å². The van der Waals surface area contributed by atoms with Crippen LogP contribution in [-0.2, 0) is 15.1 Å². The molecule has 1 atom stereocenters. The lowest BCUT2D eigenvalue weighted by molar-refractivity contribution is -0.133. The van der Waals surface area contributed by atoms with Gasteiger partial charge in [0.1, 0.15) is 17.9 Å². The highest BCUT2D eigenvalue weighted by Crippen LogP contribution is 2.29. The van der Waals surface area contributed by atoms with Gasteiger partial charge < -0.3 is 10.6 Å². The fourth-order valence-corrected chi connectivity index (χ4v) is 3.48. The first-order valence-corrected chi connectivity index (χ1v) is 8.66. The van der Waals surface area contributed by atoms with Crippen molar-refractivity contribution in [2.45, 2.75) is 26.3 Å². The molecule has 9 heteroatoms. The van der Waals surface area contributed by atoms with Gasteiger partial charge in [0, 0.05) is 4.88 Å². The number of benzene rings is 1. The summed E-state index contributed by atoms with van der Waals surface area (Å²) >= 11 is 1.32. The standard InChI is InChI=1S/C17H17FN4O3S/c1-9-10(2)26-15(19-9)20-13(23)8-22-14(24)17(3,21-16(22)25)11-4-6-12(18)7-5-11/h4-7H,8H2,1-3H3,(H,21,25)(H,19,20,23). The third kappa shape index (κ3) is 3.17. The predicted molar refractivity (Wildman–Crippen MR) is 94.2 cm³/mol. The van der Waals surface area contributed by atoms with Crippen molar-refractivity contribution in [3.8, 4) is 0 Å². The number of carbonyl (C=O) groups is 3. The number of imide groups is 1. The fourth-order valence-electron chi connectivity index (χ4n) is 2.65. The highest BCUT2D eigenvalue weighted by molar-refractivity contribution is 7.15. The normalized spacial score (nSPS) is 19.6.